The highest BCUT2D eigenvalue weighted by Gasteiger charge is 2.04. The van der Waals surface area contributed by atoms with Crippen LogP contribution in [-0.4, -0.2) is 15.7 Å². The van der Waals surface area contributed by atoms with Gasteiger partial charge in [0.1, 0.15) is 0 Å². The molecule has 0 radical (unpaired) electrons. The van der Waals surface area contributed by atoms with Crippen molar-refractivity contribution in [1.29, 1.82) is 4.78 Å². The van der Waals surface area contributed by atoms with Gasteiger partial charge in [0.15, 0.2) is 0 Å². The van der Waals surface area contributed by atoms with Crippen molar-refractivity contribution in [1.82, 2.24) is 0 Å². The Bertz CT molecular complexity index is 278. The van der Waals surface area contributed by atoms with E-state index in [1.165, 1.54) is 11.6 Å². The van der Waals surface area contributed by atoms with Gasteiger partial charge in [-0.1, -0.05) is 6.92 Å². The number of nitrogens with one attached hydrogen (secondary N) is 1. The van der Waals surface area contributed by atoms with Crippen molar-refractivity contribution >= 4 is 22.4 Å². The zero-order valence-corrected chi connectivity index (χ0v) is 8.70. The predicted molar refractivity (Wildman–Crippen MR) is 56.7 cm³/mol. The first-order valence-corrected chi connectivity index (χ1v) is 5.92. The summed E-state index contributed by atoms with van der Waals surface area (Å²) in [6.45, 7) is 1.73. The van der Waals surface area contributed by atoms with Crippen LogP contribution in [0.3, 0.4) is 0 Å². The molecule has 0 heterocycles. The van der Waals surface area contributed by atoms with Crippen molar-refractivity contribution < 1.29 is 4.21 Å². The summed E-state index contributed by atoms with van der Waals surface area (Å²) in [6.07, 6.45) is 2.96. The molecule has 1 atom stereocenters. The van der Waals surface area contributed by atoms with Crippen LogP contribution in [0.2, 0.25) is 0 Å². The van der Waals surface area contributed by atoms with Gasteiger partial charge in [-0.05, 0) is 23.3 Å². The fourth-order valence-electron chi connectivity index (χ4n) is 0.623. The molecular formula is C7H14N2OS2. The van der Waals surface area contributed by atoms with Crippen LogP contribution in [0, 0.1) is 4.78 Å². The Labute approximate surface area is 79.1 Å². The van der Waals surface area contributed by atoms with Gasteiger partial charge in [-0.15, -0.1) is 0 Å². The maximum absolute atomic E-state index is 11.3. The lowest BCUT2D eigenvalue weighted by Crippen LogP contribution is -2.08. The minimum absolute atomic E-state index is 0.223. The summed E-state index contributed by atoms with van der Waals surface area (Å²) in [5, 5.41) is 1.52. The molecule has 12 heavy (non-hydrogen) atoms. The third-order valence-corrected chi connectivity index (χ3v) is 3.41. The van der Waals surface area contributed by atoms with Gasteiger partial charge in [0.05, 0.1) is 5.75 Å². The van der Waals surface area contributed by atoms with E-state index in [0.717, 1.165) is 5.57 Å². The molecule has 0 fully saturated rings. The van der Waals surface area contributed by atoms with Crippen molar-refractivity contribution in [2.24, 2.45) is 5.73 Å². The molecule has 5 heteroatoms. The quantitative estimate of drug-likeness (QED) is 0.480. The standard InChI is InChI=1S/C7H14N2OS2/c1-2-12(9,10)6-7(5-11)3-4-8/h3-5,9,11H,2,6,8H2,1H3/b4-3+,7-5+. The molecule has 0 aromatic carbocycles. The molecule has 0 spiro atoms. The lowest BCUT2D eigenvalue weighted by atomic mass is 10.3. The summed E-state index contributed by atoms with van der Waals surface area (Å²) in [5.74, 6) is 0.581. The number of hydrogen-bond donors (Lipinski definition) is 3. The molecule has 0 aliphatic heterocycles. The van der Waals surface area contributed by atoms with E-state index in [0.29, 0.717) is 5.75 Å². The third kappa shape index (κ3) is 4.46. The van der Waals surface area contributed by atoms with Gasteiger partial charge < -0.3 is 5.73 Å². The second-order valence-electron chi connectivity index (χ2n) is 2.31. The zero-order valence-electron chi connectivity index (χ0n) is 6.99. The van der Waals surface area contributed by atoms with Crippen molar-refractivity contribution in [3.05, 3.63) is 23.3 Å². The SMILES string of the molecule is CCS(=N)(=O)CC(/C=C/N)=C/S. The first-order valence-electron chi connectivity index (χ1n) is 3.51. The van der Waals surface area contributed by atoms with E-state index in [1.807, 2.05) is 0 Å². The summed E-state index contributed by atoms with van der Waals surface area (Å²) in [6, 6.07) is 0. The van der Waals surface area contributed by atoms with Gasteiger partial charge in [-0.2, -0.15) is 12.6 Å². The first-order chi connectivity index (χ1) is 5.55. The predicted octanol–water partition coefficient (Wildman–Crippen LogP) is 1.34. The summed E-state index contributed by atoms with van der Waals surface area (Å²) in [7, 11) is -2.48. The summed E-state index contributed by atoms with van der Waals surface area (Å²) < 4.78 is 18.7. The molecule has 3 nitrogen and oxygen atoms in total. The lowest BCUT2D eigenvalue weighted by molar-refractivity contribution is 0.677. The van der Waals surface area contributed by atoms with Gasteiger partial charge in [-0.3, -0.25) is 4.78 Å². The summed E-state index contributed by atoms with van der Waals surface area (Å²) >= 11 is 3.92. The van der Waals surface area contributed by atoms with E-state index in [1.54, 1.807) is 13.0 Å². The maximum atomic E-state index is 11.3. The lowest BCUT2D eigenvalue weighted by Gasteiger charge is -2.03. The Kier molecular flexibility index (Phi) is 5.08. The smallest absolute Gasteiger partial charge is 0.0571 e. The molecule has 0 aromatic heterocycles. The van der Waals surface area contributed by atoms with Crippen LogP contribution in [0.15, 0.2) is 23.3 Å². The third-order valence-electron chi connectivity index (χ3n) is 1.34. The molecule has 0 aliphatic rings. The van der Waals surface area contributed by atoms with Crippen molar-refractivity contribution in [2.75, 3.05) is 11.5 Å². The molecule has 0 aromatic rings. The van der Waals surface area contributed by atoms with Crippen LogP contribution in [0.25, 0.3) is 0 Å². The Hall–Kier alpha value is -0.420. The monoisotopic (exact) mass is 206 g/mol. The van der Waals surface area contributed by atoms with E-state index in [-0.39, 0.29) is 5.75 Å². The van der Waals surface area contributed by atoms with Gasteiger partial charge in [-0.25, -0.2) is 4.21 Å². The fraction of sp³-hybridized carbons (Fsp3) is 0.429. The van der Waals surface area contributed by atoms with Crippen LogP contribution in [0.4, 0.5) is 0 Å². The second-order valence-corrected chi connectivity index (χ2v) is 5.06. The van der Waals surface area contributed by atoms with E-state index in [9.17, 15) is 4.21 Å². The van der Waals surface area contributed by atoms with Gasteiger partial charge in [0.25, 0.3) is 0 Å². The number of nitrogens with two attached hydrogens (primary N) is 1. The minimum Gasteiger partial charge on any atom is -0.405 e. The average molecular weight is 206 g/mol. The molecule has 70 valence electrons. The topological polar surface area (TPSA) is 66.9 Å². The van der Waals surface area contributed by atoms with E-state index < -0.39 is 9.73 Å². The first kappa shape index (κ1) is 11.6. The number of allylic oxidation sites excluding steroid dienone is 1. The Morgan fingerprint density at radius 3 is 2.67 bits per heavy atom. The van der Waals surface area contributed by atoms with Crippen LogP contribution in [-0.2, 0) is 9.73 Å². The van der Waals surface area contributed by atoms with Crippen molar-refractivity contribution in [3.63, 3.8) is 0 Å². The molecule has 0 saturated carbocycles. The van der Waals surface area contributed by atoms with Crippen LogP contribution in [0.1, 0.15) is 6.92 Å². The molecule has 3 N–H and O–H groups in total. The normalized spacial score (nSPS) is 18.0. The maximum Gasteiger partial charge on any atom is 0.0571 e. The molecule has 0 bridgehead atoms. The zero-order chi connectivity index (χ0) is 9.61. The number of rotatable bonds is 4. The van der Waals surface area contributed by atoms with Gasteiger partial charge >= 0.3 is 0 Å². The highest BCUT2D eigenvalue weighted by Crippen LogP contribution is 2.04. The Morgan fingerprint density at radius 2 is 2.33 bits per heavy atom. The molecule has 0 amide bonds. The molecule has 0 rings (SSSR count). The van der Waals surface area contributed by atoms with Gasteiger partial charge in [0, 0.05) is 15.5 Å². The summed E-state index contributed by atoms with van der Waals surface area (Å²) in [4.78, 5) is 0. The van der Waals surface area contributed by atoms with Crippen molar-refractivity contribution in [3.8, 4) is 0 Å². The van der Waals surface area contributed by atoms with Crippen LogP contribution in [0.5, 0.6) is 0 Å². The molecule has 0 saturated heterocycles. The molecule has 0 aliphatic carbocycles. The highest BCUT2D eigenvalue weighted by atomic mass is 32.2. The average Bonchev–Trinajstić information content (AvgIpc) is 2.03. The molecular weight excluding hydrogens is 192 g/mol. The Balaban J connectivity index is 4.44. The number of thiol groups is 1. The van der Waals surface area contributed by atoms with E-state index >= 15 is 0 Å². The van der Waals surface area contributed by atoms with E-state index in [2.05, 4.69) is 12.6 Å². The van der Waals surface area contributed by atoms with Crippen LogP contribution < -0.4 is 5.73 Å². The number of hydrogen-bond acceptors (Lipinski definition) is 4. The van der Waals surface area contributed by atoms with Crippen LogP contribution >= 0.6 is 12.6 Å². The highest BCUT2D eigenvalue weighted by molar-refractivity contribution is 7.92. The fourth-order valence-corrected chi connectivity index (χ4v) is 1.85. The van der Waals surface area contributed by atoms with E-state index in [4.69, 9.17) is 10.5 Å². The Morgan fingerprint density at radius 1 is 1.75 bits per heavy atom. The van der Waals surface area contributed by atoms with Crippen molar-refractivity contribution in [2.45, 2.75) is 6.92 Å². The minimum atomic E-state index is -2.48. The van der Waals surface area contributed by atoms with Gasteiger partial charge in [0.2, 0.25) is 0 Å². The molecule has 1 unspecified atom stereocenters. The second kappa shape index (κ2) is 5.27. The summed E-state index contributed by atoms with van der Waals surface area (Å²) in [5.41, 5.74) is 5.88. The largest absolute Gasteiger partial charge is 0.405 e.